The predicted molar refractivity (Wildman–Crippen MR) is 90.8 cm³/mol. The summed E-state index contributed by atoms with van der Waals surface area (Å²) in [5.74, 6) is 0.956. The average Bonchev–Trinajstić information content (AvgIpc) is 2.90. The van der Waals surface area contributed by atoms with Crippen LogP contribution in [0.1, 0.15) is 32.0 Å². The number of hydrogen-bond acceptors (Lipinski definition) is 2. The van der Waals surface area contributed by atoms with Gasteiger partial charge in [-0.1, -0.05) is 32.9 Å². The maximum Gasteiger partial charge on any atom is 0.215 e. The number of halogens is 1. The summed E-state index contributed by atoms with van der Waals surface area (Å²) in [7, 11) is 2.05. The van der Waals surface area contributed by atoms with E-state index in [0.717, 1.165) is 27.8 Å². The van der Waals surface area contributed by atoms with Gasteiger partial charge in [0.25, 0.3) is 0 Å². The molecule has 2 heterocycles. The Hall–Kier alpha value is -1.33. The molecule has 0 atom stereocenters. The molecular weight excluding hydrogens is 328 g/mol. The van der Waals surface area contributed by atoms with Crippen molar-refractivity contribution in [3.8, 4) is 0 Å². The maximum atomic E-state index is 5.72. The summed E-state index contributed by atoms with van der Waals surface area (Å²) in [5, 5.41) is 0. The normalized spacial score (nSPS) is 12.7. The van der Waals surface area contributed by atoms with Crippen molar-refractivity contribution in [2.24, 2.45) is 12.8 Å². The van der Waals surface area contributed by atoms with Crippen molar-refractivity contribution in [1.82, 2.24) is 14.0 Å². The van der Waals surface area contributed by atoms with Gasteiger partial charge in [0.2, 0.25) is 5.78 Å². The quantitative estimate of drug-likeness (QED) is 0.771. The van der Waals surface area contributed by atoms with E-state index in [1.54, 1.807) is 0 Å². The molecule has 0 aliphatic heterocycles. The molecule has 3 rings (SSSR count). The highest BCUT2D eigenvalue weighted by Gasteiger charge is 2.22. The van der Waals surface area contributed by atoms with Gasteiger partial charge in [-0.25, -0.2) is 4.98 Å². The van der Waals surface area contributed by atoms with E-state index in [2.05, 4.69) is 63.9 Å². The second-order valence-corrected chi connectivity index (χ2v) is 7.26. The molecule has 0 saturated carbocycles. The fourth-order valence-corrected chi connectivity index (χ4v) is 3.72. The molecule has 0 saturated heterocycles. The van der Waals surface area contributed by atoms with Crippen molar-refractivity contribution < 1.29 is 0 Å². The molecule has 0 unspecified atom stereocenters. The summed E-state index contributed by atoms with van der Waals surface area (Å²) in [6, 6.07) is 6.41. The largest absolute Gasteiger partial charge is 0.330 e. The molecule has 0 bridgehead atoms. The van der Waals surface area contributed by atoms with E-state index >= 15 is 0 Å². The van der Waals surface area contributed by atoms with E-state index < -0.39 is 0 Å². The number of benzene rings is 1. The lowest BCUT2D eigenvalue weighted by molar-refractivity contribution is 0.595. The zero-order valence-corrected chi connectivity index (χ0v) is 14.5. The van der Waals surface area contributed by atoms with E-state index in [4.69, 9.17) is 10.7 Å². The molecule has 0 aliphatic rings. The van der Waals surface area contributed by atoms with E-state index in [9.17, 15) is 0 Å². The van der Waals surface area contributed by atoms with Gasteiger partial charge in [0.15, 0.2) is 0 Å². The molecule has 4 nitrogen and oxygen atoms in total. The highest BCUT2D eigenvalue weighted by atomic mass is 79.9. The van der Waals surface area contributed by atoms with Gasteiger partial charge in [0.1, 0.15) is 4.60 Å². The van der Waals surface area contributed by atoms with Crippen LogP contribution in [-0.4, -0.2) is 20.5 Å². The third-order valence-electron chi connectivity index (χ3n) is 4.00. The first-order valence-corrected chi connectivity index (χ1v) is 8.00. The Morgan fingerprint density at radius 3 is 2.62 bits per heavy atom. The Bertz CT molecular complexity index is 820. The number of aromatic nitrogens is 3. The van der Waals surface area contributed by atoms with Gasteiger partial charge in [-0.15, -0.1) is 0 Å². The molecule has 2 aromatic heterocycles. The SMILES string of the molecule is Cn1c(CCN)c(Br)n2c3cccc(C(C)(C)C)c3nc12. The summed E-state index contributed by atoms with van der Waals surface area (Å²) in [4.78, 5) is 4.90. The Balaban J connectivity index is 2.41. The predicted octanol–water partition coefficient (Wildman–Crippen LogP) is 3.39. The average molecular weight is 349 g/mol. The second kappa shape index (κ2) is 4.85. The van der Waals surface area contributed by atoms with Gasteiger partial charge in [0.05, 0.1) is 16.7 Å². The minimum Gasteiger partial charge on any atom is -0.330 e. The lowest BCUT2D eigenvalue weighted by Gasteiger charge is -2.19. The van der Waals surface area contributed by atoms with Crippen molar-refractivity contribution in [2.45, 2.75) is 32.6 Å². The van der Waals surface area contributed by atoms with Crippen LogP contribution in [-0.2, 0) is 18.9 Å². The number of nitrogens with two attached hydrogens (primary N) is 1. The number of imidazole rings is 2. The first-order chi connectivity index (χ1) is 9.86. The van der Waals surface area contributed by atoms with Crippen LogP contribution in [0.15, 0.2) is 22.8 Å². The van der Waals surface area contributed by atoms with Crippen LogP contribution in [0.4, 0.5) is 0 Å². The van der Waals surface area contributed by atoms with Crippen molar-refractivity contribution in [2.75, 3.05) is 6.54 Å². The Kier molecular flexibility index (Phi) is 3.37. The molecular formula is C16H21BrN4. The highest BCUT2D eigenvalue weighted by molar-refractivity contribution is 9.10. The molecule has 0 aliphatic carbocycles. The summed E-state index contributed by atoms with van der Waals surface area (Å²) in [5.41, 5.74) is 10.5. The lowest BCUT2D eigenvalue weighted by Crippen LogP contribution is -2.11. The number of aryl methyl sites for hydroxylation is 1. The molecule has 0 spiro atoms. The van der Waals surface area contributed by atoms with Crippen molar-refractivity contribution in [3.63, 3.8) is 0 Å². The first-order valence-electron chi connectivity index (χ1n) is 7.21. The first kappa shape index (κ1) is 14.6. The minimum atomic E-state index is 0.0734. The highest BCUT2D eigenvalue weighted by Crippen LogP contribution is 2.33. The zero-order valence-electron chi connectivity index (χ0n) is 12.9. The molecule has 5 heteroatoms. The second-order valence-electron chi connectivity index (χ2n) is 6.51. The van der Waals surface area contributed by atoms with Crippen molar-refractivity contribution in [1.29, 1.82) is 0 Å². The van der Waals surface area contributed by atoms with Gasteiger partial charge >= 0.3 is 0 Å². The van der Waals surface area contributed by atoms with Crippen LogP contribution in [0, 0.1) is 0 Å². The molecule has 21 heavy (non-hydrogen) atoms. The molecule has 112 valence electrons. The Morgan fingerprint density at radius 2 is 2.00 bits per heavy atom. The van der Waals surface area contributed by atoms with Crippen LogP contribution in [0.3, 0.4) is 0 Å². The standard InChI is InChI=1S/C16H21BrN4/c1-16(2,3)10-6-5-7-11-13(10)19-15-20(4)12(8-9-18)14(17)21(11)15/h5-7H,8-9,18H2,1-4H3. The minimum absolute atomic E-state index is 0.0734. The van der Waals surface area contributed by atoms with Gasteiger partial charge in [-0.05, 0) is 39.5 Å². The summed E-state index contributed by atoms with van der Waals surface area (Å²) >= 11 is 3.73. The van der Waals surface area contributed by atoms with Crippen molar-refractivity contribution in [3.05, 3.63) is 34.1 Å². The number of nitrogens with zero attached hydrogens (tertiary/aromatic N) is 3. The number of fused-ring (bicyclic) bond motifs is 3. The van der Waals surface area contributed by atoms with Crippen LogP contribution in [0.2, 0.25) is 0 Å². The van der Waals surface area contributed by atoms with Crippen molar-refractivity contribution >= 4 is 32.7 Å². The molecule has 2 N–H and O–H groups in total. The molecule has 0 radical (unpaired) electrons. The van der Waals surface area contributed by atoms with E-state index in [-0.39, 0.29) is 5.41 Å². The monoisotopic (exact) mass is 348 g/mol. The summed E-state index contributed by atoms with van der Waals surface area (Å²) in [6.45, 7) is 7.30. The van der Waals surface area contributed by atoms with Gasteiger partial charge in [-0.3, -0.25) is 4.40 Å². The molecule has 0 fully saturated rings. The smallest absolute Gasteiger partial charge is 0.215 e. The van der Waals surface area contributed by atoms with Gasteiger partial charge in [0, 0.05) is 13.5 Å². The number of para-hydroxylation sites is 1. The summed E-state index contributed by atoms with van der Waals surface area (Å²) in [6.07, 6.45) is 0.834. The lowest BCUT2D eigenvalue weighted by atomic mass is 9.86. The van der Waals surface area contributed by atoms with Crippen LogP contribution < -0.4 is 5.73 Å². The number of rotatable bonds is 2. The van der Waals surface area contributed by atoms with Crippen LogP contribution in [0.25, 0.3) is 16.8 Å². The third kappa shape index (κ3) is 2.10. The number of hydrogen-bond donors (Lipinski definition) is 1. The van der Waals surface area contributed by atoms with Crippen LogP contribution >= 0.6 is 15.9 Å². The van der Waals surface area contributed by atoms with E-state index in [1.807, 2.05) is 7.05 Å². The third-order valence-corrected chi connectivity index (χ3v) is 4.81. The molecule has 3 aromatic rings. The van der Waals surface area contributed by atoms with Gasteiger partial charge < -0.3 is 10.3 Å². The molecule has 0 amide bonds. The fraction of sp³-hybridized carbons (Fsp3) is 0.438. The Morgan fingerprint density at radius 1 is 1.29 bits per heavy atom. The van der Waals surface area contributed by atoms with E-state index in [1.165, 1.54) is 11.3 Å². The maximum absolute atomic E-state index is 5.72. The zero-order chi connectivity index (χ0) is 15.4. The van der Waals surface area contributed by atoms with E-state index in [0.29, 0.717) is 6.54 Å². The Labute approximate surface area is 133 Å². The van der Waals surface area contributed by atoms with Crippen LogP contribution in [0.5, 0.6) is 0 Å². The van der Waals surface area contributed by atoms with Gasteiger partial charge in [-0.2, -0.15) is 0 Å². The summed E-state index contributed by atoms with van der Waals surface area (Å²) < 4.78 is 5.36. The fourth-order valence-electron chi connectivity index (χ4n) is 2.91. The molecule has 1 aromatic carbocycles. The topological polar surface area (TPSA) is 48.2 Å².